The maximum absolute atomic E-state index is 11.0. The molecule has 20 heavy (non-hydrogen) atoms. The molecule has 0 bridgehead atoms. The van der Waals surface area contributed by atoms with Crippen molar-refractivity contribution in [2.75, 3.05) is 0 Å². The lowest BCUT2D eigenvalue weighted by atomic mass is 10.2. The summed E-state index contributed by atoms with van der Waals surface area (Å²) in [5.74, 6) is -0.195. The minimum absolute atomic E-state index is 0.0609. The summed E-state index contributed by atoms with van der Waals surface area (Å²) < 4.78 is 3.71. The Hall–Kier alpha value is -2.81. The monoisotopic (exact) mass is 268 g/mol. The molecule has 6 nitrogen and oxygen atoms in total. The number of nitrogens with zero attached hydrogens (tertiary/aromatic N) is 4. The number of carboxylic acid groups (broad SMARTS) is 1. The van der Waals surface area contributed by atoms with E-state index < -0.39 is 5.97 Å². The molecule has 100 valence electrons. The summed E-state index contributed by atoms with van der Waals surface area (Å²) in [7, 11) is 1.85. The van der Waals surface area contributed by atoms with E-state index in [0.717, 1.165) is 11.2 Å². The van der Waals surface area contributed by atoms with E-state index >= 15 is 0 Å². The largest absolute Gasteiger partial charge is 0.481 e. The van der Waals surface area contributed by atoms with Crippen LogP contribution in [-0.2, 0) is 18.3 Å². The summed E-state index contributed by atoms with van der Waals surface area (Å²) in [5.41, 5.74) is 3.64. The first kappa shape index (κ1) is 12.2. The van der Waals surface area contributed by atoms with Gasteiger partial charge in [0.2, 0.25) is 5.78 Å². The smallest absolute Gasteiger partial charge is 0.309 e. The van der Waals surface area contributed by atoms with E-state index in [9.17, 15) is 4.79 Å². The predicted octanol–water partition coefficient (Wildman–Crippen LogP) is 1.63. The van der Waals surface area contributed by atoms with Gasteiger partial charge in [-0.3, -0.25) is 9.20 Å². The summed E-state index contributed by atoms with van der Waals surface area (Å²) in [5, 5.41) is 18.0. The molecule has 0 aliphatic carbocycles. The lowest BCUT2D eigenvalue weighted by Crippen LogP contribution is -2.05. The molecule has 0 atom stereocenters. The number of nitriles is 1. The van der Waals surface area contributed by atoms with E-state index in [1.54, 1.807) is 18.2 Å². The van der Waals surface area contributed by atoms with Gasteiger partial charge in [0.15, 0.2) is 0 Å². The zero-order chi connectivity index (χ0) is 14.4. The molecule has 0 amide bonds. The SMILES string of the molecule is Cc1c(CC(=O)O)n2c3ccc(C#N)cc3nc2n1C. The molecule has 2 aromatic heterocycles. The number of aliphatic carboxylic acids is 1. The van der Waals surface area contributed by atoms with Crippen LogP contribution in [0.3, 0.4) is 0 Å². The molecule has 0 spiro atoms. The third-order valence-corrected chi connectivity index (χ3v) is 3.58. The average molecular weight is 268 g/mol. The lowest BCUT2D eigenvalue weighted by molar-refractivity contribution is -0.136. The fourth-order valence-electron chi connectivity index (χ4n) is 2.48. The highest BCUT2D eigenvalue weighted by atomic mass is 16.4. The van der Waals surface area contributed by atoms with E-state index in [1.807, 2.05) is 22.9 Å². The molecule has 0 saturated heterocycles. The van der Waals surface area contributed by atoms with E-state index in [1.165, 1.54) is 0 Å². The number of fused-ring (bicyclic) bond motifs is 3. The number of hydrogen-bond acceptors (Lipinski definition) is 3. The molecule has 3 rings (SSSR count). The van der Waals surface area contributed by atoms with Gasteiger partial charge in [-0.15, -0.1) is 0 Å². The molecule has 3 aromatic rings. The van der Waals surface area contributed by atoms with Crippen molar-refractivity contribution >= 4 is 22.8 Å². The van der Waals surface area contributed by atoms with Gasteiger partial charge in [0.1, 0.15) is 0 Å². The van der Waals surface area contributed by atoms with Crippen molar-refractivity contribution in [1.82, 2.24) is 14.0 Å². The van der Waals surface area contributed by atoms with Gasteiger partial charge in [-0.1, -0.05) is 0 Å². The molecule has 2 heterocycles. The summed E-state index contributed by atoms with van der Waals surface area (Å²) in [6.45, 7) is 1.88. The number of carbonyl (C=O) groups is 1. The van der Waals surface area contributed by atoms with Crippen LogP contribution in [0.5, 0.6) is 0 Å². The van der Waals surface area contributed by atoms with Gasteiger partial charge < -0.3 is 9.67 Å². The standard InChI is InChI=1S/C14H12N4O2/c1-8-12(6-13(19)20)18-11-4-3-9(7-15)5-10(11)16-14(18)17(8)2/h3-5H,6H2,1-2H3,(H,19,20). The number of carboxylic acids is 1. The first-order chi connectivity index (χ1) is 9.52. The van der Waals surface area contributed by atoms with Crippen LogP contribution in [0, 0.1) is 18.3 Å². The molecular formula is C14H12N4O2. The number of rotatable bonds is 2. The zero-order valence-electron chi connectivity index (χ0n) is 11.1. The van der Waals surface area contributed by atoms with Crippen molar-refractivity contribution in [2.45, 2.75) is 13.3 Å². The minimum atomic E-state index is -0.879. The fraction of sp³-hybridized carbons (Fsp3) is 0.214. The van der Waals surface area contributed by atoms with Crippen LogP contribution in [0.4, 0.5) is 0 Å². The first-order valence-corrected chi connectivity index (χ1v) is 6.11. The Balaban J connectivity index is 2.41. The summed E-state index contributed by atoms with van der Waals surface area (Å²) >= 11 is 0. The molecule has 0 saturated carbocycles. The molecule has 1 aromatic carbocycles. The van der Waals surface area contributed by atoms with Gasteiger partial charge in [-0.05, 0) is 25.1 Å². The Kier molecular flexibility index (Phi) is 2.51. The molecule has 0 aliphatic rings. The van der Waals surface area contributed by atoms with Gasteiger partial charge in [0.25, 0.3) is 0 Å². The van der Waals surface area contributed by atoms with Crippen molar-refractivity contribution in [3.8, 4) is 6.07 Å². The van der Waals surface area contributed by atoms with Crippen molar-refractivity contribution in [2.24, 2.45) is 7.05 Å². The molecule has 0 unspecified atom stereocenters. The predicted molar refractivity (Wildman–Crippen MR) is 72.5 cm³/mol. The molecule has 0 aliphatic heterocycles. The number of aromatic nitrogens is 3. The highest BCUT2D eigenvalue weighted by Gasteiger charge is 2.18. The van der Waals surface area contributed by atoms with Crippen LogP contribution < -0.4 is 0 Å². The summed E-state index contributed by atoms with van der Waals surface area (Å²) in [6, 6.07) is 7.30. The number of hydrogen-bond donors (Lipinski definition) is 1. The zero-order valence-corrected chi connectivity index (χ0v) is 11.1. The quantitative estimate of drug-likeness (QED) is 0.765. The van der Waals surface area contributed by atoms with E-state index in [2.05, 4.69) is 11.1 Å². The van der Waals surface area contributed by atoms with Crippen molar-refractivity contribution in [3.63, 3.8) is 0 Å². The summed E-state index contributed by atoms with van der Waals surface area (Å²) in [4.78, 5) is 15.5. The first-order valence-electron chi connectivity index (χ1n) is 6.11. The van der Waals surface area contributed by atoms with Crippen LogP contribution in [-0.4, -0.2) is 25.0 Å². The normalized spacial score (nSPS) is 11.1. The van der Waals surface area contributed by atoms with Gasteiger partial charge in [-0.25, -0.2) is 4.98 Å². The molecule has 6 heteroatoms. The average Bonchev–Trinajstić information content (AvgIpc) is 2.89. The summed E-state index contributed by atoms with van der Waals surface area (Å²) in [6.07, 6.45) is -0.0609. The second-order valence-corrected chi connectivity index (χ2v) is 4.72. The van der Waals surface area contributed by atoms with Crippen LogP contribution >= 0.6 is 0 Å². The molecule has 0 fully saturated rings. The van der Waals surface area contributed by atoms with Crippen molar-refractivity contribution < 1.29 is 9.90 Å². The Morgan fingerprint density at radius 1 is 1.50 bits per heavy atom. The highest BCUT2D eigenvalue weighted by Crippen LogP contribution is 2.24. The van der Waals surface area contributed by atoms with Crippen LogP contribution in [0.2, 0.25) is 0 Å². The highest BCUT2D eigenvalue weighted by molar-refractivity contribution is 5.82. The fourth-order valence-corrected chi connectivity index (χ4v) is 2.48. The second kappa shape index (κ2) is 4.10. The van der Waals surface area contributed by atoms with Crippen LogP contribution in [0.25, 0.3) is 16.8 Å². The topological polar surface area (TPSA) is 83.3 Å². The number of aryl methyl sites for hydroxylation is 1. The van der Waals surface area contributed by atoms with Crippen molar-refractivity contribution in [1.29, 1.82) is 5.26 Å². The third kappa shape index (κ3) is 1.57. The van der Waals surface area contributed by atoms with Gasteiger partial charge in [-0.2, -0.15) is 5.26 Å². The van der Waals surface area contributed by atoms with Crippen molar-refractivity contribution in [3.05, 3.63) is 35.2 Å². The van der Waals surface area contributed by atoms with E-state index in [-0.39, 0.29) is 6.42 Å². The Morgan fingerprint density at radius 2 is 2.25 bits per heavy atom. The maximum atomic E-state index is 11.0. The molecule has 1 N–H and O–H groups in total. The number of imidazole rings is 2. The van der Waals surface area contributed by atoms with Gasteiger partial charge >= 0.3 is 5.97 Å². The molecular weight excluding hydrogens is 256 g/mol. The van der Waals surface area contributed by atoms with Crippen LogP contribution in [0.1, 0.15) is 17.0 Å². The Morgan fingerprint density at radius 3 is 2.90 bits per heavy atom. The van der Waals surface area contributed by atoms with Gasteiger partial charge in [0.05, 0.1) is 34.8 Å². The Labute approximate surface area is 114 Å². The lowest BCUT2D eigenvalue weighted by Gasteiger charge is -2.00. The maximum Gasteiger partial charge on any atom is 0.309 e. The van der Waals surface area contributed by atoms with E-state index in [0.29, 0.717) is 22.6 Å². The second-order valence-electron chi connectivity index (χ2n) is 4.72. The molecule has 0 radical (unpaired) electrons. The minimum Gasteiger partial charge on any atom is -0.481 e. The third-order valence-electron chi connectivity index (χ3n) is 3.58. The number of benzene rings is 1. The van der Waals surface area contributed by atoms with E-state index in [4.69, 9.17) is 10.4 Å². The van der Waals surface area contributed by atoms with Crippen LogP contribution in [0.15, 0.2) is 18.2 Å². The van der Waals surface area contributed by atoms with Gasteiger partial charge in [0, 0.05) is 12.7 Å². The Bertz CT molecular complexity index is 896.